The molecule has 0 fully saturated rings. The summed E-state index contributed by atoms with van der Waals surface area (Å²) in [6.45, 7) is 6.99. The van der Waals surface area contributed by atoms with Crippen molar-refractivity contribution in [1.82, 2.24) is 4.90 Å². The maximum Gasteiger partial charge on any atom is 0.106 e. The number of hydrogen-bond donors (Lipinski definition) is 0. The Balaban J connectivity index is 2.09. The highest BCUT2D eigenvalue weighted by atomic mass is 16.6. The van der Waals surface area contributed by atoms with Gasteiger partial charge in [0, 0.05) is 6.04 Å². The molecule has 3 nitrogen and oxygen atoms in total. The van der Waals surface area contributed by atoms with Gasteiger partial charge in [0.25, 0.3) is 0 Å². The van der Waals surface area contributed by atoms with Gasteiger partial charge in [-0.05, 0) is 63.6 Å². The predicted octanol–water partition coefficient (Wildman–Crippen LogP) is 3.75. The van der Waals surface area contributed by atoms with E-state index < -0.39 is 0 Å². The molecule has 0 bridgehead atoms. The Morgan fingerprint density at radius 3 is 2.79 bits per heavy atom. The van der Waals surface area contributed by atoms with Gasteiger partial charge in [0.05, 0.1) is 5.71 Å². The molecule has 0 amide bonds. The van der Waals surface area contributed by atoms with Crippen LogP contribution in [0.1, 0.15) is 58.8 Å². The Kier molecular flexibility index (Phi) is 5.44. The second-order valence-electron chi connectivity index (χ2n) is 5.68. The minimum atomic E-state index is 0.755. The summed E-state index contributed by atoms with van der Waals surface area (Å²) in [5.74, 6) is 0. The summed E-state index contributed by atoms with van der Waals surface area (Å²) in [7, 11) is 1.66. The van der Waals surface area contributed by atoms with Crippen LogP contribution in [0.4, 0.5) is 0 Å². The summed E-state index contributed by atoms with van der Waals surface area (Å²) < 4.78 is 0. The molecule has 0 aromatic heterocycles. The lowest BCUT2D eigenvalue weighted by Gasteiger charge is -2.37. The molecular formula is C16H28N2O. The molecule has 0 radical (unpaired) electrons. The summed E-state index contributed by atoms with van der Waals surface area (Å²) in [4.78, 5) is 7.67. The van der Waals surface area contributed by atoms with Crippen LogP contribution in [-0.4, -0.2) is 36.9 Å². The maximum atomic E-state index is 5.01. The van der Waals surface area contributed by atoms with Crippen molar-refractivity contribution in [2.24, 2.45) is 5.16 Å². The van der Waals surface area contributed by atoms with Crippen LogP contribution < -0.4 is 0 Å². The molecule has 19 heavy (non-hydrogen) atoms. The van der Waals surface area contributed by atoms with Gasteiger partial charge >= 0.3 is 0 Å². The SMILES string of the molecule is CCCN(CC)C1CCC2=C(CCCC2=NOC)C1. The van der Waals surface area contributed by atoms with E-state index in [-0.39, 0.29) is 0 Å². The predicted molar refractivity (Wildman–Crippen MR) is 80.5 cm³/mol. The van der Waals surface area contributed by atoms with Crippen molar-refractivity contribution in [3.63, 3.8) is 0 Å². The maximum absolute atomic E-state index is 5.01. The van der Waals surface area contributed by atoms with Gasteiger partial charge in [-0.1, -0.05) is 24.6 Å². The van der Waals surface area contributed by atoms with E-state index in [1.54, 1.807) is 12.7 Å². The van der Waals surface area contributed by atoms with Gasteiger partial charge in [-0.3, -0.25) is 0 Å². The lowest BCUT2D eigenvalue weighted by atomic mass is 9.78. The summed E-state index contributed by atoms with van der Waals surface area (Å²) in [5, 5.41) is 4.24. The Morgan fingerprint density at radius 1 is 1.26 bits per heavy atom. The van der Waals surface area contributed by atoms with Gasteiger partial charge in [0.2, 0.25) is 0 Å². The number of oxime groups is 1. The minimum Gasteiger partial charge on any atom is -0.399 e. The zero-order valence-corrected chi connectivity index (χ0v) is 12.7. The van der Waals surface area contributed by atoms with Crippen LogP contribution in [0.25, 0.3) is 0 Å². The lowest BCUT2D eigenvalue weighted by molar-refractivity contribution is 0.187. The number of allylic oxidation sites excluding steroid dienone is 1. The van der Waals surface area contributed by atoms with Crippen LogP contribution in [0.2, 0.25) is 0 Å². The van der Waals surface area contributed by atoms with E-state index in [9.17, 15) is 0 Å². The molecule has 2 aliphatic rings. The van der Waals surface area contributed by atoms with Gasteiger partial charge < -0.3 is 9.74 Å². The summed E-state index contributed by atoms with van der Waals surface area (Å²) in [5.41, 5.74) is 4.41. The molecule has 0 saturated heterocycles. The van der Waals surface area contributed by atoms with Gasteiger partial charge in [0.15, 0.2) is 0 Å². The molecule has 0 heterocycles. The van der Waals surface area contributed by atoms with Crippen molar-refractivity contribution in [2.45, 2.75) is 64.8 Å². The molecule has 2 aliphatic carbocycles. The lowest BCUT2D eigenvalue weighted by Crippen LogP contribution is -2.38. The van der Waals surface area contributed by atoms with Crippen LogP contribution in [0, 0.1) is 0 Å². The van der Waals surface area contributed by atoms with Crippen molar-refractivity contribution in [3.8, 4) is 0 Å². The monoisotopic (exact) mass is 264 g/mol. The topological polar surface area (TPSA) is 24.8 Å². The molecule has 0 spiro atoms. The quantitative estimate of drug-likeness (QED) is 0.706. The number of hydrogen-bond acceptors (Lipinski definition) is 3. The van der Waals surface area contributed by atoms with E-state index in [1.807, 2.05) is 0 Å². The molecule has 0 aromatic carbocycles. The second-order valence-corrected chi connectivity index (χ2v) is 5.68. The molecule has 0 aliphatic heterocycles. The fourth-order valence-corrected chi connectivity index (χ4v) is 3.63. The number of nitrogens with zero attached hydrogens (tertiary/aromatic N) is 2. The summed E-state index contributed by atoms with van der Waals surface area (Å²) in [6.07, 6.45) is 8.62. The first-order valence-electron chi connectivity index (χ1n) is 7.85. The Morgan fingerprint density at radius 2 is 2.11 bits per heavy atom. The van der Waals surface area contributed by atoms with Crippen molar-refractivity contribution in [1.29, 1.82) is 0 Å². The first-order valence-corrected chi connectivity index (χ1v) is 7.85. The molecule has 1 atom stereocenters. The zero-order valence-electron chi connectivity index (χ0n) is 12.7. The van der Waals surface area contributed by atoms with Gasteiger partial charge in [0.1, 0.15) is 7.11 Å². The normalized spacial score (nSPS) is 25.9. The fraction of sp³-hybridized carbons (Fsp3) is 0.812. The summed E-state index contributed by atoms with van der Waals surface area (Å²) in [6, 6.07) is 0.755. The highest BCUT2D eigenvalue weighted by Crippen LogP contribution is 2.36. The molecule has 3 heteroatoms. The standard InChI is InChI=1S/C16H28N2O/c1-4-11-18(5-2)14-9-10-15-13(12-14)7-6-8-16(15)17-19-3/h14H,4-12H2,1-3H3. The average molecular weight is 264 g/mol. The first kappa shape index (κ1) is 14.6. The van der Waals surface area contributed by atoms with E-state index in [0.717, 1.165) is 12.5 Å². The third-order valence-electron chi connectivity index (χ3n) is 4.51. The molecule has 0 N–H and O–H groups in total. The van der Waals surface area contributed by atoms with E-state index in [1.165, 1.54) is 62.9 Å². The Labute approximate surface area is 117 Å². The molecule has 0 saturated carbocycles. The average Bonchev–Trinajstić information content (AvgIpc) is 2.45. The third kappa shape index (κ3) is 3.38. The van der Waals surface area contributed by atoms with E-state index in [4.69, 9.17) is 4.84 Å². The minimum absolute atomic E-state index is 0.755. The van der Waals surface area contributed by atoms with Crippen LogP contribution in [0.5, 0.6) is 0 Å². The van der Waals surface area contributed by atoms with Crippen LogP contribution in [-0.2, 0) is 4.84 Å². The molecule has 108 valence electrons. The van der Waals surface area contributed by atoms with Crippen LogP contribution in [0.15, 0.2) is 16.3 Å². The van der Waals surface area contributed by atoms with Gasteiger partial charge in [-0.2, -0.15) is 0 Å². The molecule has 1 unspecified atom stereocenters. The first-order chi connectivity index (χ1) is 9.30. The van der Waals surface area contributed by atoms with E-state index in [0.29, 0.717) is 0 Å². The smallest absolute Gasteiger partial charge is 0.106 e. The van der Waals surface area contributed by atoms with Crippen molar-refractivity contribution in [2.75, 3.05) is 20.2 Å². The second kappa shape index (κ2) is 7.09. The van der Waals surface area contributed by atoms with Crippen molar-refractivity contribution >= 4 is 5.71 Å². The van der Waals surface area contributed by atoms with Gasteiger partial charge in [-0.15, -0.1) is 0 Å². The van der Waals surface area contributed by atoms with Crippen molar-refractivity contribution in [3.05, 3.63) is 11.1 Å². The van der Waals surface area contributed by atoms with E-state index >= 15 is 0 Å². The largest absolute Gasteiger partial charge is 0.399 e. The Hall–Kier alpha value is -0.830. The molecule has 0 aromatic rings. The fourth-order valence-electron chi connectivity index (χ4n) is 3.63. The highest BCUT2D eigenvalue weighted by molar-refractivity contribution is 6.01. The Bertz CT molecular complexity index is 360. The third-order valence-corrected chi connectivity index (χ3v) is 4.51. The summed E-state index contributed by atoms with van der Waals surface area (Å²) >= 11 is 0. The zero-order chi connectivity index (χ0) is 13.7. The van der Waals surface area contributed by atoms with Crippen LogP contribution in [0.3, 0.4) is 0 Å². The van der Waals surface area contributed by atoms with Crippen molar-refractivity contribution < 1.29 is 4.84 Å². The van der Waals surface area contributed by atoms with E-state index in [2.05, 4.69) is 23.9 Å². The van der Waals surface area contributed by atoms with Gasteiger partial charge in [-0.25, -0.2) is 0 Å². The van der Waals surface area contributed by atoms with Crippen LogP contribution >= 0.6 is 0 Å². The number of rotatable bonds is 5. The highest BCUT2D eigenvalue weighted by Gasteiger charge is 2.29. The molecule has 2 rings (SSSR count). The molecular weight excluding hydrogens is 236 g/mol.